The third kappa shape index (κ3) is 2.86. The zero-order valence-corrected chi connectivity index (χ0v) is 12.6. The minimum atomic E-state index is 0.00319. The van der Waals surface area contributed by atoms with Gasteiger partial charge in [-0.3, -0.25) is 0 Å². The van der Waals surface area contributed by atoms with Crippen molar-refractivity contribution in [1.82, 2.24) is 15.0 Å². The second-order valence-corrected chi connectivity index (χ2v) is 5.63. The van der Waals surface area contributed by atoms with Crippen LogP contribution in [0.15, 0.2) is 40.6 Å². The smallest absolute Gasteiger partial charge is 0.172 e. The van der Waals surface area contributed by atoms with Crippen LogP contribution in [0.1, 0.15) is 11.1 Å². The second kappa shape index (κ2) is 5.75. The van der Waals surface area contributed by atoms with Crippen LogP contribution in [-0.2, 0) is 6.61 Å². The van der Waals surface area contributed by atoms with E-state index in [1.807, 2.05) is 31.2 Å². The zero-order chi connectivity index (χ0) is 14.8. The third-order valence-corrected chi connectivity index (χ3v) is 4.14. The van der Waals surface area contributed by atoms with Crippen molar-refractivity contribution in [2.24, 2.45) is 0 Å². The van der Waals surface area contributed by atoms with E-state index in [1.54, 1.807) is 13.3 Å². The topological polar surface area (TPSA) is 71.0 Å². The lowest BCUT2D eigenvalue weighted by Crippen LogP contribution is -1.91. The molecule has 2 N–H and O–H groups in total. The first-order chi connectivity index (χ1) is 10.2. The van der Waals surface area contributed by atoms with E-state index in [0.717, 1.165) is 38.1 Å². The molecule has 6 heteroatoms. The lowest BCUT2D eigenvalue weighted by Gasteiger charge is -2.03. The SMILES string of the molecule is COc1ccc2nc(Sc3ncc(CO)cc3C)[nH]c2c1. The van der Waals surface area contributed by atoms with Crippen LogP contribution in [0, 0.1) is 6.92 Å². The van der Waals surface area contributed by atoms with E-state index < -0.39 is 0 Å². The quantitative estimate of drug-likeness (QED) is 0.775. The fraction of sp³-hybridized carbons (Fsp3) is 0.200. The van der Waals surface area contributed by atoms with Crippen molar-refractivity contribution in [1.29, 1.82) is 0 Å². The van der Waals surface area contributed by atoms with Gasteiger partial charge in [0.05, 0.1) is 24.8 Å². The third-order valence-electron chi connectivity index (χ3n) is 3.13. The molecule has 1 aromatic carbocycles. The highest BCUT2D eigenvalue weighted by molar-refractivity contribution is 7.99. The minimum absolute atomic E-state index is 0.00319. The predicted octanol–water partition coefficient (Wildman–Crippen LogP) is 2.92. The maximum absolute atomic E-state index is 9.11. The van der Waals surface area contributed by atoms with Crippen LogP contribution >= 0.6 is 11.8 Å². The van der Waals surface area contributed by atoms with E-state index >= 15 is 0 Å². The molecule has 2 aromatic heterocycles. The van der Waals surface area contributed by atoms with Gasteiger partial charge in [0.25, 0.3) is 0 Å². The normalized spacial score (nSPS) is 11.0. The van der Waals surface area contributed by atoms with E-state index in [9.17, 15) is 0 Å². The number of aromatic nitrogens is 3. The Kier molecular flexibility index (Phi) is 3.81. The predicted molar refractivity (Wildman–Crippen MR) is 81.7 cm³/mol. The summed E-state index contributed by atoms with van der Waals surface area (Å²) in [6.07, 6.45) is 1.68. The van der Waals surface area contributed by atoms with Crippen LogP contribution in [-0.4, -0.2) is 27.2 Å². The number of fused-ring (bicyclic) bond motifs is 1. The van der Waals surface area contributed by atoms with Gasteiger partial charge < -0.3 is 14.8 Å². The summed E-state index contributed by atoms with van der Waals surface area (Å²) >= 11 is 1.47. The maximum atomic E-state index is 9.11. The fourth-order valence-electron chi connectivity index (χ4n) is 2.05. The number of benzene rings is 1. The number of aryl methyl sites for hydroxylation is 1. The molecule has 0 atom stereocenters. The van der Waals surface area contributed by atoms with Crippen LogP contribution in [0.3, 0.4) is 0 Å². The van der Waals surface area contributed by atoms with Gasteiger partial charge in [0.2, 0.25) is 0 Å². The number of pyridine rings is 1. The molecule has 5 nitrogen and oxygen atoms in total. The second-order valence-electron chi connectivity index (χ2n) is 4.65. The standard InChI is InChI=1S/C15H15N3O2S/c1-9-5-10(8-19)7-16-14(9)21-15-17-12-4-3-11(20-2)6-13(12)18-15/h3-7,19H,8H2,1-2H3,(H,17,18). The zero-order valence-electron chi connectivity index (χ0n) is 11.8. The first-order valence-electron chi connectivity index (χ1n) is 6.47. The van der Waals surface area contributed by atoms with Gasteiger partial charge in [-0.25, -0.2) is 9.97 Å². The molecular formula is C15H15N3O2S. The van der Waals surface area contributed by atoms with Crippen LogP contribution in [0.2, 0.25) is 0 Å². The lowest BCUT2D eigenvalue weighted by atomic mass is 10.2. The number of rotatable bonds is 4. The van der Waals surface area contributed by atoms with E-state index in [4.69, 9.17) is 9.84 Å². The number of imidazole rings is 1. The molecule has 0 fully saturated rings. The van der Waals surface area contributed by atoms with Gasteiger partial charge in [-0.15, -0.1) is 0 Å². The first-order valence-corrected chi connectivity index (χ1v) is 7.29. The number of H-pyrrole nitrogens is 1. The van der Waals surface area contributed by atoms with Gasteiger partial charge >= 0.3 is 0 Å². The molecule has 0 radical (unpaired) electrons. The Labute approximate surface area is 126 Å². The molecule has 0 aliphatic rings. The van der Waals surface area contributed by atoms with Crippen LogP contribution in [0.25, 0.3) is 11.0 Å². The number of aromatic amines is 1. The van der Waals surface area contributed by atoms with Crippen molar-refractivity contribution in [2.75, 3.05) is 7.11 Å². The fourth-order valence-corrected chi connectivity index (χ4v) is 2.86. The Bertz CT molecular complexity index is 786. The Balaban J connectivity index is 1.91. The summed E-state index contributed by atoms with van der Waals surface area (Å²) in [5.74, 6) is 0.796. The molecule has 0 aliphatic carbocycles. The summed E-state index contributed by atoms with van der Waals surface area (Å²) in [7, 11) is 1.64. The molecular weight excluding hydrogens is 286 g/mol. The molecule has 0 unspecified atom stereocenters. The molecule has 0 aliphatic heterocycles. The molecule has 0 bridgehead atoms. The van der Waals surface area contributed by atoms with E-state index in [2.05, 4.69) is 15.0 Å². The molecule has 0 amide bonds. The highest BCUT2D eigenvalue weighted by Crippen LogP contribution is 2.29. The van der Waals surface area contributed by atoms with Crippen LogP contribution < -0.4 is 4.74 Å². The summed E-state index contributed by atoms with van der Waals surface area (Å²) in [5, 5.41) is 10.8. The molecule has 0 saturated carbocycles. The molecule has 21 heavy (non-hydrogen) atoms. The molecule has 3 rings (SSSR count). The number of methoxy groups -OCH3 is 1. The Hall–Kier alpha value is -2.05. The monoisotopic (exact) mass is 301 g/mol. The van der Waals surface area contributed by atoms with Gasteiger partial charge in [-0.05, 0) is 48.0 Å². The average Bonchev–Trinajstić information content (AvgIpc) is 2.90. The van der Waals surface area contributed by atoms with E-state index in [0.29, 0.717) is 0 Å². The Morgan fingerprint density at radius 2 is 2.19 bits per heavy atom. The van der Waals surface area contributed by atoms with E-state index in [1.165, 1.54) is 11.8 Å². The molecule has 0 saturated heterocycles. The van der Waals surface area contributed by atoms with Gasteiger partial charge in [-0.1, -0.05) is 0 Å². The number of aliphatic hydroxyl groups excluding tert-OH is 1. The molecule has 108 valence electrons. The van der Waals surface area contributed by atoms with Crippen LogP contribution in [0.5, 0.6) is 5.75 Å². The van der Waals surface area contributed by atoms with Gasteiger partial charge in [0.15, 0.2) is 5.16 Å². The number of ether oxygens (including phenoxy) is 1. The Morgan fingerprint density at radius 3 is 2.90 bits per heavy atom. The molecule has 2 heterocycles. The average molecular weight is 301 g/mol. The molecule has 3 aromatic rings. The number of nitrogens with one attached hydrogen (secondary N) is 1. The van der Waals surface area contributed by atoms with Crippen molar-refractivity contribution in [3.8, 4) is 5.75 Å². The van der Waals surface area contributed by atoms with Gasteiger partial charge in [0.1, 0.15) is 10.8 Å². The number of hydrogen-bond acceptors (Lipinski definition) is 5. The first kappa shape index (κ1) is 13.9. The summed E-state index contributed by atoms with van der Waals surface area (Å²) in [6.45, 7) is 1.98. The highest BCUT2D eigenvalue weighted by Gasteiger charge is 2.09. The van der Waals surface area contributed by atoms with Crippen molar-refractivity contribution in [2.45, 2.75) is 23.7 Å². The number of nitrogens with zero attached hydrogens (tertiary/aromatic N) is 2. The van der Waals surface area contributed by atoms with E-state index in [-0.39, 0.29) is 6.61 Å². The number of hydrogen-bond donors (Lipinski definition) is 2. The summed E-state index contributed by atoms with van der Waals surface area (Å²) in [5.41, 5.74) is 3.65. The van der Waals surface area contributed by atoms with Crippen molar-refractivity contribution >= 4 is 22.8 Å². The minimum Gasteiger partial charge on any atom is -0.497 e. The summed E-state index contributed by atoms with van der Waals surface area (Å²) in [4.78, 5) is 12.2. The van der Waals surface area contributed by atoms with Crippen molar-refractivity contribution in [3.05, 3.63) is 41.6 Å². The van der Waals surface area contributed by atoms with Gasteiger partial charge in [-0.2, -0.15) is 0 Å². The maximum Gasteiger partial charge on any atom is 0.172 e. The van der Waals surface area contributed by atoms with Crippen molar-refractivity contribution < 1.29 is 9.84 Å². The van der Waals surface area contributed by atoms with Gasteiger partial charge in [0, 0.05) is 12.3 Å². The van der Waals surface area contributed by atoms with Crippen molar-refractivity contribution in [3.63, 3.8) is 0 Å². The Morgan fingerprint density at radius 1 is 1.33 bits per heavy atom. The number of aliphatic hydroxyl groups is 1. The highest BCUT2D eigenvalue weighted by atomic mass is 32.2. The summed E-state index contributed by atoms with van der Waals surface area (Å²) in [6, 6.07) is 7.66. The largest absolute Gasteiger partial charge is 0.497 e. The summed E-state index contributed by atoms with van der Waals surface area (Å²) < 4.78 is 5.20. The van der Waals surface area contributed by atoms with Crippen LogP contribution in [0.4, 0.5) is 0 Å². The molecule has 0 spiro atoms. The lowest BCUT2D eigenvalue weighted by molar-refractivity contribution is 0.281.